The molecular weight excluding hydrogens is 400 g/mol. The Hall–Kier alpha value is -1.16. The highest BCUT2D eigenvalue weighted by Gasteiger charge is 2.29. The fourth-order valence-corrected chi connectivity index (χ4v) is 4.84. The van der Waals surface area contributed by atoms with Gasteiger partial charge in [-0.1, -0.05) is 24.4 Å². The number of halogens is 1. The Labute approximate surface area is 159 Å². The SMILES string of the molecule is CS(=O)(=O)CC[C@@H](NS(=O)(=O)c1ccc(Cl)cc1)C(=O)NC1CCCC1. The molecule has 26 heavy (non-hydrogen) atoms. The standard InChI is InChI=1S/C16H23ClN2O5S2/c1-25(21,22)11-10-15(16(20)18-13-4-2-3-5-13)19-26(23,24)14-8-6-12(17)7-9-14/h6-9,13,15,19H,2-5,10-11H2,1H3,(H,18,20)/t15-/m1/s1. The Bertz CT molecular complexity index is 832. The Morgan fingerprint density at radius 2 is 1.73 bits per heavy atom. The number of carbonyl (C=O) groups excluding carboxylic acids is 1. The summed E-state index contributed by atoms with van der Waals surface area (Å²) in [7, 11) is -7.32. The first-order valence-corrected chi connectivity index (χ1v) is 12.2. The summed E-state index contributed by atoms with van der Waals surface area (Å²) in [6.07, 6.45) is 4.62. The molecule has 0 aliphatic heterocycles. The molecule has 0 heterocycles. The van der Waals surface area contributed by atoms with Crippen molar-refractivity contribution in [1.29, 1.82) is 0 Å². The molecule has 10 heteroatoms. The minimum absolute atomic E-state index is 0.00303. The maximum atomic E-state index is 12.5. The second-order valence-electron chi connectivity index (χ2n) is 6.54. The van der Waals surface area contributed by atoms with Gasteiger partial charge in [0.25, 0.3) is 0 Å². The molecule has 1 aliphatic rings. The van der Waals surface area contributed by atoms with Gasteiger partial charge in [-0.05, 0) is 43.5 Å². The van der Waals surface area contributed by atoms with Gasteiger partial charge in [-0.25, -0.2) is 16.8 Å². The molecule has 146 valence electrons. The quantitative estimate of drug-likeness (QED) is 0.659. The van der Waals surface area contributed by atoms with Crippen LogP contribution in [0.1, 0.15) is 32.1 Å². The fraction of sp³-hybridized carbons (Fsp3) is 0.562. The molecule has 1 aromatic rings. The van der Waals surface area contributed by atoms with Crippen molar-refractivity contribution in [3.05, 3.63) is 29.3 Å². The van der Waals surface area contributed by atoms with E-state index in [1.165, 1.54) is 24.3 Å². The largest absolute Gasteiger partial charge is 0.352 e. The third-order valence-corrected chi connectivity index (χ3v) is 6.93. The molecule has 1 saturated carbocycles. The molecule has 2 rings (SSSR count). The van der Waals surface area contributed by atoms with Crippen LogP contribution in [0.25, 0.3) is 0 Å². The molecule has 0 radical (unpaired) electrons. The van der Waals surface area contributed by atoms with Gasteiger partial charge in [-0.15, -0.1) is 0 Å². The fourth-order valence-electron chi connectivity index (χ4n) is 2.82. The van der Waals surface area contributed by atoms with Crippen molar-refractivity contribution >= 4 is 37.4 Å². The number of benzene rings is 1. The zero-order valence-corrected chi connectivity index (χ0v) is 16.8. The lowest BCUT2D eigenvalue weighted by molar-refractivity contribution is -0.123. The number of rotatable bonds is 8. The molecule has 0 aromatic heterocycles. The van der Waals surface area contributed by atoms with Crippen molar-refractivity contribution in [2.45, 2.75) is 49.1 Å². The normalized spacial score (nSPS) is 17.2. The van der Waals surface area contributed by atoms with Gasteiger partial charge < -0.3 is 5.32 Å². The summed E-state index contributed by atoms with van der Waals surface area (Å²) < 4.78 is 50.3. The molecule has 1 aromatic carbocycles. The molecule has 1 aliphatic carbocycles. The van der Waals surface area contributed by atoms with Gasteiger partial charge in [0, 0.05) is 17.3 Å². The van der Waals surface area contributed by atoms with Crippen molar-refractivity contribution in [2.75, 3.05) is 12.0 Å². The van der Waals surface area contributed by atoms with Gasteiger partial charge in [0.2, 0.25) is 15.9 Å². The number of sulfone groups is 1. The lowest BCUT2D eigenvalue weighted by atomic mass is 10.2. The number of sulfonamides is 1. The average Bonchev–Trinajstić information content (AvgIpc) is 3.03. The van der Waals surface area contributed by atoms with Crippen LogP contribution in [-0.2, 0) is 24.7 Å². The summed E-state index contributed by atoms with van der Waals surface area (Å²) in [4.78, 5) is 12.5. The van der Waals surface area contributed by atoms with Crippen molar-refractivity contribution in [2.24, 2.45) is 0 Å². The average molecular weight is 423 g/mol. The number of hydrogen-bond acceptors (Lipinski definition) is 5. The van der Waals surface area contributed by atoms with E-state index in [-0.39, 0.29) is 23.1 Å². The first-order valence-electron chi connectivity index (χ1n) is 8.33. The first kappa shape index (κ1) is 21.1. The van der Waals surface area contributed by atoms with E-state index in [9.17, 15) is 21.6 Å². The third kappa shape index (κ3) is 6.53. The number of nitrogens with one attached hydrogen (secondary N) is 2. The highest BCUT2D eigenvalue weighted by molar-refractivity contribution is 7.90. The number of hydrogen-bond donors (Lipinski definition) is 2. The summed E-state index contributed by atoms with van der Waals surface area (Å²) in [6.45, 7) is 0. The summed E-state index contributed by atoms with van der Waals surface area (Å²) in [5.74, 6) is -0.795. The van der Waals surface area contributed by atoms with E-state index in [1.807, 2.05) is 0 Å². The molecule has 2 N–H and O–H groups in total. The van der Waals surface area contributed by atoms with Crippen LogP contribution in [0.2, 0.25) is 5.02 Å². The minimum Gasteiger partial charge on any atom is -0.352 e. The van der Waals surface area contributed by atoms with Crippen LogP contribution in [0.3, 0.4) is 0 Å². The zero-order valence-electron chi connectivity index (χ0n) is 14.4. The van der Waals surface area contributed by atoms with Crippen LogP contribution in [-0.4, -0.2) is 46.8 Å². The van der Waals surface area contributed by atoms with E-state index in [1.54, 1.807) is 0 Å². The van der Waals surface area contributed by atoms with Crippen molar-refractivity contribution in [3.8, 4) is 0 Å². The van der Waals surface area contributed by atoms with Crippen molar-refractivity contribution in [3.63, 3.8) is 0 Å². The monoisotopic (exact) mass is 422 g/mol. The summed E-state index contributed by atoms with van der Waals surface area (Å²) in [5, 5.41) is 3.20. The number of amides is 1. The molecular formula is C16H23ClN2O5S2. The lowest BCUT2D eigenvalue weighted by Gasteiger charge is -2.21. The molecule has 0 bridgehead atoms. The Morgan fingerprint density at radius 1 is 1.15 bits per heavy atom. The second-order valence-corrected chi connectivity index (χ2v) is 10.9. The van der Waals surface area contributed by atoms with E-state index in [4.69, 9.17) is 11.6 Å². The highest BCUT2D eigenvalue weighted by Crippen LogP contribution is 2.18. The maximum absolute atomic E-state index is 12.5. The predicted octanol–water partition coefficient (Wildman–Crippen LogP) is 1.48. The van der Waals surface area contributed by atoms with Crippen LogP contribution in [0.5, 0.6) is 0 Å². The van der Waals surface area contributed by atoms with Gasteiger partial charge in [-0.3, -0.25) is 4.79 Å². The van der Waals surface area contributed by atoms with Crippen LogP contribution in [0.15, 0.2) is 29.2 Å². The smallest absolute Gasteiger partial charge is 0.241 e. The molecule has 7 nitrogen and oxygen atoms in total. The van der Waals surface area contributed by atoms with Gasteiger partial charge in [-0.2, -0.15) is 4.72 Å². The first-order chi connectivity index (χ1) is 12.1. The van der Waals surface area contributed by atoms with E-state index in [0.717, 1.165) is 31.9 Å². The van der Waals surface area contributed by atoms with Gasteiger partial charge in [0.05, 0.1) is 10.6 Å². The van der Waals surface area contributed by atoms with Crippen molar-refractivity contribution in [1.82, 2.24) is 10.0 Å². The van der Waals surface area contributed by atoms with Crippen LogP contribution in [0, 0.1) is 0 Å². The predicted molar refractivity (Wildman–Crippen MR) is 100 cm³/mol. The second kappa shape index (κ2) is 8.69. The molecule has 1 fully saturated rings. The van der Waals surface area contributed by atoms with Gasteiger partial charge in [0.15, 0.2) is 0 Å². The topological polar surface area (TPSA) is 109 Å². The number of carbonyl (C=O) groups is 1. The summed E-state index contributed by atoms with van der Waals surface area (Å²) in [6, 6.07) is 4.36. The van der Waals surface area contributed by atoms with E-state index in [0.29, 0.717) is 5.02 Å². The van der Waals surface area contributed by atoms with E-state index < -0.39 is 31.8 Å². The Kier molecular flexibility index (Phi) is 7.06. The summed E-state index contributed by atoms with van der Waals surface area (Å²) in [5.41, 5.74) is 0. The molecule has 1 amide bonds. The summed E-state index contributed by atoms with van der Waals surface area (Å²) >= 11 is 5.77. The van der Waals surface area contributed by atoms with E-state index >= 15 is 0 Å². The van der Waals surface area contributed by atoms with Gasteiger partial charge >= 0.3 is 0 Å². The molecule has 0 saturated heterocycles. The molecule has 0 spiro atoms. The molecule has 0 unspecified atom stereocenters. The van der Waals surface area contributed by atoms with Crippen LogP contribution < -0.4 is 10.0 Å². The third-order valence-electron chi connectivity index (χ3n) is 4.22. The van der Waals surface area contributed by atoms with Crippen molar-refractivity contribution < 1.29 is 21.6 Å². The maximum Gasteiger partial charge on any atom is 0.241 e. The lowest BCUT2D eigenvalue weighted by Crippen LogP contribution is -2.49. The Morgan fingerprint density at radius 3 is 2.27 bits per heavy atom. The minimum atomic E-state index is -3.99. The van der Waals surface area contributed by atoms with Crippen LogP contribution >= 0.6 is 11.6 Å². The zero-order chi connectivity index (χ0) is 19.4. The highest BCUT2D eigenvalue weighted by atomic mass is 35.5. The molecule has 1 atom stereocenters. The van der Waals surface area contributed by atoms with Gasteiger partial charge in [0.1, 0.15) is 15.9 Å². The van der Waals surface area contributed by atoms with E-state index in [2.05, 4.69) is 10.0 Å². The Balaban J connectivity index is 2.15. The van der Waals surface area contributed by atoms with Crippen LogP contribution in [0.4, 0.5) is 0 Å².